The number of rotatable bonds is 4. The van der Waals surface area contributed by atoms with Crippen molar-refractivity contribution in [3.8, 4) is 0 Å². The number of aromatic amines is 1. The molecule has 0 spiro atoms. The number of nitrogens with one attached hydrogen (secondary N) is 1. The first kappa shape index (κ1) is 14.5. The van der Waals surface area contributed by atoms with E-state index in [9.17, 15) is 4.79 Å². The van der Waals surface area contributed by atoms with E-state index >= 15 is 0 Å². The van der Waals surface area contributed by atoms with Crippen LogP contribution in [-0.2, 0) is 11.2 Å². The van der Waals surface area contributed by atoms with E-state index in [2.05, 4.69) is 42.4 Å². The third-order valence-corrected chi connectivity index (χ3v) is 2.97. The van der Waals surface area contributed by atoms with Crippen LogP contribution in [0.5, 0.6) is 0 Å². The summed E-state index contributed by atoms with van der Waals surface area (Å²) in [6.45, 7) is 5.66. The summed E-state index contributed by atoms with van der Waals surface area (Å²) in [7, 11) is 0. The Bertz CT molecular complexity index is 485. The Kier molecular flexibility index (Phi) is 6.20. The average molecular weight is 245 g/mol. The fourth-order valence-corrected chi connectivity index (χ4v) is 1.71. The van der Waals surface area contributed by atoms with Crippen molar-refractivity contribution < 1.29 is 4.79 Å². The summed E-state index contributed by atoms with van der Waals surface area (Å²) in [5.41, 5.74) is 2.71. The zero-order chi connectivity index (χ0) is 13.4. The molecule has 2 aromatic rings. The summed E-state index contributed by atoms with van der Waals surface area (Å²) in [5, 5.41) is 1.39. The summed E-state index contributed by atoms with van der Waals surface area (Å²) < 4.78 is 0. The predicted molar refractivity (Wildman–Crippen MR) is 77.9 cm³/mol. The number of unbranched alkanes of at least 4 members (excludes halogenated alkanes) is 1. The number of para-hydroxylation sites is 1. The van der Waals surface area contributed by atoms with Crippen molar-refractivity contribution >= 4 is 16.7 Å². The van der Waals surface area contributed by atoms with Gasteiger partial charge in [-0.05, 0) is 31.4 Å². The van der Waals surface area contributed by atoms with Gasteiger partial charge in [-0.25, -0.2) is 0 Å². The van der Waals surface area contributed by atoms with Gasteiger partial charge in [0, 0.05) is 23.5 Å². The van der Waals surface area contributed by atoms with Crippen LogP contribution >= 0.6 is 0 Å². The first-order chi connectivity index (χ1) is 8.69. The van der Waals surface area contributed by atoms with Gasteiger partial charge in [0.05, 0.1) is 0 Å². The minimum atomic E-state index is 0.255. The Morgan fingerprint density at radius 2 is 1.89 bits per heavy atom. The quantitative estimate of drug-likeness (QED) is 0.845. The number of H-pyrrole nitrogens is 1. The molecule has 0 saturated carbocycles. The van der Waals surface area contributed by atoms with Crippen LogP contribution in [-0.4, -0.2) is 10.8 Å². The lowest BCUT2D eigenvalue weighted by Gasteiger charge is -1.95. The minimum Gasteiger partial charge on any atom is -0.361 e. The number of benzene rings is 1. The van der Waals surface area contributed by atoms with Crippen molar-refractivity contribution in [2.24, 2.45) is 0 Å². The van der Waals surface area contributed by atoms with Gasteiger partial charge in [-0.2, -0.15) is 0 Å². The zero-order valence-electron chi connectivity index (χ0n) is 11.6. The Labute approximate surface area is 109 Å². The van der Waals surface area contributed by atoms with E-state index in [-0.39, 0.29) is 5.78 Å². The van der Waals surface area contributed by atoms with Gasteiger partial charge in [0.25, 0.3) is 0 Å². The number of carbonyl (C=O) groups excluding carboxylic acids is 1. The Balaban J connectivity index is 0.000000280. The minimum absolute atomic E-state index is 0.255. The van der Waals surface area contributed by atoms with Crippen LogP contribution in [0, 0.1) is 0 Å². The molecule has 2 rings (SSSR count). The van der Waals surface area contributed by atoms with Gasteiger partial charge in [-0.1, -0.05) is 38.5 Å². The standard InChI is InChI=1S/C12H15N.C4H8O/c1-2-3-6-10-9-13-12-8-5-4-7-11(10)12;1-3-4(2)5/h4-5,7-9,13H,2-3,6H2,1H3;3H2,1-2H3. The van der Waals surface area contributed by atoms with Crippen molar-refractivity contribution in [2.45, 2.75) is 46.5 Å². The van der Waals surface area contributed by atoms with Gasteiger partial charge in [0.2, 0.25) is 0 Å². The maximum atomic E-state index is 9.81. The van der Waals surface area contributed by atoms with Crippen molar-refractivity contribution in [2.75, 3.05) is 0 Å². The number of hydrogen-bond acceptors (Lipinski definition) is 1. The molecule has 0 aliphatic carbocycles. The zero-order valence-corrected chi connectivity index (χ0v) is 11.6. The molecular weight excluding hydrogens is 222 g/mol. The number of Topliss-reactive ketones (excluding diaryl/α,β-unsaturated/α-hetero) is 1. The van der Waals surface area contributed by atoms with Crippen LogP contribution in [0.1, 0.15) is 45.6 Å². The highest BCUT2D eigenvalue weighted by Gasteiger charge is 2.00. The SMILES string of the molecule is CCC(C)=O.CCCCc1c[nH]c2ccccc12. The number of hydrogen-bond donors (Lipinski definition) is 1. The molecule has 0 bridgehead atoms. The maximum absolute atomic E-state index is 9.81. The fourth-order valence-electron chi connectivity index (χ4n) is 1.71. The second kappa shape index (κ2) is 7.70. The maximum Gasteiger partial charge on any atom is 0.129 e. The average Bonchev–Trinajstić information content (AvgIpc) is 2.80. The molecule has 0 saturated heterocycles. The topological polar surface area (TPSA) is 32.9 Å². The third kappa shape index (κ3) is 4.36. The van der Waals surface area contributed by atoms with Crippen LogP contribution in [0.3, 0.4) is 0 Å². The van der Waals surface area contributed by atoms with E-state index in [1.807, 2.05) is 6.92 Å². The first-order valence-corrected chi connectivity index (χ1v) is 6.73. The Hall–Kier alpha value is -1.57. The smallest absolute Gasteiger partial charge is 0.129 e. The molecule has 1 N–H and O–H groups in total. The Morgan fingerprint density at radius 3 is 2.50 bits per heavy atom. The summed E-state index contributed by atoms with van der Waals surface area (Å²) in [6.07, 6.45) is 6.54. The fraction of sp³-hybridized carbons (Fsp3) is 0.438. The molecule has 0 atom stereocenters. The van der Waals surface area contributed by atoms with Crippen molar-refractivity contribution in [3.63, 3.8) is 0 Å². The second-order valence-corrected chi connectivity index (χ2v) is 4.52. The van der Waals surface area contributed by atoms with Gasteiger partial charge < -0.3 is 9.78 Å². The number of aromatic nitrogens is 1. The van der Waals surface area contributed by atoms with Gasteiger partial charge in [0.15, 0.2) is 0 Å². The number of fused-ring (bicyclic) bond motifs is 1. The van der Waals surface area contributed by atoms with Gasteiger partial charge in [-0.3, -0.25) is 0 Å². The number of carbonyl (C=O) groups is 1. The largest absolute Gasteiger partial charge is 0.361 e. The lowest BCUT2D eigenvalue weighted by Crippen LogP contribution is -1.80. The van der Waals surface area contributed by atoms with Crippen LogP contribution in [0.2, 0.25) is 0 Å². The van der Waals surface area contributed by atoms with E-state index in [0.717, 1.165) is 0 Å². The van der Waals surface area contributed by atoms with Crippen molar-refractivity contribution in [3.05, 3.63) is 36.0 Å². The molecule has 0 radical (unpaired) electrons. The molecule has 18 heavy (non-hydrogen) atoms. The lowest BCUT2D eigenvalue weighted by molar-refractivity contribution is -0.116. The van der Waals surface area contributed by atoms with Gasteiger partial charge >= 0.3 is 0 Å². The van der Waals surface area contributed by atoms with Crippen molar-refractivity contribution in [1.82, 2.24) is 4.98 Å². The van der Waals surface area contributed by atoms with E-state index < -0.39 is 0 Å². The molecule has 2 nitrogen and oxygen atoms in total. The molecule has 0 aliphatic heterocycles. The molecule has 0 unspecified atom stereocenters. The molecule has 0 fully saturated rings. The van der Waals surface area contributed by atoms with E-state index in [4.69, 9.17) is 0 Å². The monoisotopic (exact) mass is 245 g/mol. The highest BCUT2D eigenvalue weighted by molar-refractivity contribution is 5.82. The highest BCUT2D eigenvalue weighted by Crippen LogP contribution is 2.19. The summed E-state index contributed by atoms with van der Waals surface area (Å²) in [4.78, 5) is 13.1. The molecule has 0 aliphatic rings. The summed E-state index contributed by atoms with van der Waals surface area (Å²) in [6, 6.07) is 8.50. The molecule has 0 amide bonds. The molecule has 98 valence electrons. The lowest BCUT2D eigenvalue weighted by atomic mass is 10.1. The summed E-state index contributed by atoms with van der Waals surface area (Å²) in [5.74, 6) is 0.255. The second-order valence-electron chi connectivity index (χ2n) is 4.52. The molecule has 2 heteroatoms. The summed E-state index contributed by atoms with van der Waals surface area (Å²) >= 11 is 0. The van der Waals surface area contributed by atoms with Gasteiger partial charge in [-0.15, -0.1) is 0 Å². The third-order valence-electron chi connectivity index (χ3n) is 2.97. The normalized spacial score (nSPS) is 9.94. The van der Waals surface area contributed by atoms with Gasteiger partial charge in [0.1, 0.15) is 5.78 Å². The predicted octanol–water partition coefficient (Wildman–Crippen LogP) is 4.50. The first-order valence-electron chi connectivity index (χ1n) is 6.73. The number of aryl methyl sites for hydroxylation is 1. The number of ketones is 1. The van der Waals surface area contributed by atoms with Crippen molar-refractivity contribution in [1.29, 1.82) is 0 Å². The molecule has 1 heterocycles. The van der Waals surface area contributed by atoms with E-state index in [0.29, 0.717) is 6.42 Å². The molecule has 1 aromatic heterocycles. The van der Waals surface area contributed by atoms with Crippen LogP contribution in [0.4, 0.5) is 0 Å². The highest BCUT2D eigenvalue weighted by atomic mass is 16.1. The van der Waals surface area contributed by atoms with Crippen LogP contribution in [0.25, 0.3) is 10.9 Å². The molecule has 1 aromatic carbocycles. The van der Waals surface area contributed by atoms with E-state index in [1.165, 1.54) is 35.7 Å². The van der Waals surface area contributed by atoms with E-state index in [1.54, 1.807) is 6.92 Å². The molecular formula is C16H23NO. The van der Waals surface area contributed by atoms with Crippen LogP contribution in [0.15, 0.2) is 30.5 Å². The Morgan fingerprint density at radius 1 is 1.22 bits per heavy atom. The van der Waals surface area contributed by atoms with Crippen LogP contribution < -0.4 is 0 Å².